The maximum Gasteiger partial charge on any atom is 0.416 e. The van der Waals surface area contributed by atoms with Gasteiger partial charge in [-0.05, 0) is 36.2 Å². The summed E-state index contributed by atoms with van der Waals surface area (Å²) < 4.78 is 80.1. The van der Waals surface area contributed by atoms with Crippen LogP contribution in [0.2, 0.25) is 0 Å². The van der Waals surface area contributed by atoms with Gasteiger partial charge in [0.2, 0.25) is 5.91 Å². The Labute approximate surface area is 206 Å². The van der Waals surface area contributed by atoms with Crippen molar-refractivity contribution in [2.75, 3.05) is 25.5 Å². The summed E-state index contributed by atoms with van der Waals surface area (Å²) in [5, 5.41) is 0.851. The van der Waals surface area contributed by atoms with E-state index in [-0.39, 0.29) is 43.9 Å². The molecule has 2 heterocycles. The molecule has 192 valence electrons. The minimum Gasteiger partial charge on any atom is -0.361 e. The number of fused-ring (bicyclic) bond motifs is 1. The first kappa shape index (κ1) is 25.9. The van der Waals surface area contributed by atoms with E-state index in [9.17, 15) is 35.9 Å². The van der Waals surface area contributed by atoms with Gasteiger partial charge >= 0.3 is 12.4 Å². The van der Waals surface area contributed by atoms with E-state index < -0.39 is 41.0 Å². The number of hydrogen-bond acceptors (Lipinski definition) is 2. The average Bonchev–Trinajstić information content (AvgIpc) is 3.24. The van der Waals surface area contributed by atoms with E-state index in [0.29, 0.717) is 12.1 Å². The molecule has 12 heteroatoms. The zero-order valence-corrected chi connectivity index (χ0v) is 19.3. The molecule has 3 aromatic rings. The van der Waals surface area contributed by atoms with Gasteiger partial charge in [-0.25, -0.2) is 0 Å². The number of para-hydroxylation sites is 1. The van der Waals surface area contributed by atoms with Crippen molar-refractivity contribution < 1.29 is 35.9 Å². The number of benzene rings is 2. The van der Waals surface area contributed by atoms with Crippen LogP contribution in [0.15, 0.2) is 48.7 Å². The lowest BCUT2D eigenvalue weighted by atomic mass is 9.98. The number of amides is 2. The highest BCUT2D eigenvalue weighted by Gasteiger charge is 2.39. The molecule has 1 aromatic heterocycles. The van der Waals surface area contributed by atoms with Gasteiger partial charge in [0.15, 0.2) is 0 Å². The summed E-state index contributed by atoms with van der Waals surface area (Å²) in [5.41, 5.74) is -2.25. The van der Waals surface area contributed by atoms with Crippen molar-refractivity contribution in [3.8, 4) is 0 Å². The van der Waals surface area contributed by atoms with Crippen LogP contribution in [-0.4, -0.2) is 58.2 Å². The third-order valence-corrected chi connectivity index (χ3v) is 6.40. The number of aromatic amines is 1. The number of halogens is 7. The molecule has 1 aliphatic heterocycles. The van der Waals surface area contributed by atoms with Gasteiger partial charge < -0.3 is 14.8 Å². The van der Waals surface area contributed by atoms with Gasteiger partial charge in [-0.2, -0.15) is 26.3 Å². The van der Waals surface area contributed by atoms with E-state index in [1.807, 2.05) is 24.3 Å². The topological polar surface area (TPSA) is 56.4 Å². The number of aromatic nitrogens is 1. The Morgan fingerprint density at radius 3 is 2.22 bits per heavy atom. The van der Waals surface area contributed by atoms with E-state index in [1.165, 1.54) is 9.80 Å². The molecule has 1 atom stereocenters. The van der Waals surface area contributed by atoms with Crippen molar-refractivity contribution in [1.29, 1.82) is 0 Å². The van der Waals surface area contributed by atoms with Crippen LogP contribution in [0.3, 0.4) is 0 Å². The normalized spacial score (nSPS) is 17.0. The molecule has 2 amide bonds. The SMILES string of the molecule is O=C(CCl)N1CCN(C(=O)c2cc(C(F)(F)F)cc(C(F)(F)F)c2)C(Cc2c[nH]c3ccccc23)C1. The van der Waals surface area contributed by atoms with Crippen LogP contribution in [0.5, 0.6) is 0 Å². The van der Waals surface area contributed by atoms with Crippen molar-refractivity contribution in [2.45, 2.75) is 24.8 Å². The lowest BCUT2D eigenvalue weighted by molar-refractivity contribution is -0.143. The molecular formula is C24H20ClF6N3O2. The second-order valence-electron chi connectivity index (χ2n) is 8.48. The molecule has 1 fully saturated rings. The van der Waals surface area contributed by atoms with Crippen molar-refractivity contribution >= 4 is 34.3 Å². The predicted octanol–water partition coefficient (Wildman–Crippen LogP) is 5.34. The molecule has 5 nitrogen and oxygen atoms in total. The summed E-state index contributed by atoms with van der Waals surface area (Å²) in [6, 6.07) is 7.46. The molecule has 1 N–H and O–H groups in total. The summed E-state index contributed by atoms with van der Waals surface area (Å²) in [6.07, 6.45) is -8.22. The maximum atomic E-state index is 13.4. The molecule has 0 bridgehead atoms. The van der Waals surface area contributed by atoms with E-state index in [4.69, 9.17) is 11.6 Å². The lowest BCUT2D eigenvalue weighted by Gasteiger charge is -2.41. The zero-order chi connectivity index (χ0) is 26.3. The van der Waals surface area contributed by atoms with Gasteiger partial charge in [0.05, 0.1) is 17.2 Å². The molecule has 1 aliphatic rings. The number of carbonyl (C=O) groups is 2. The third kappa shape index (κ3) is 5.30. The van der Waals surface area contributed by atoms with E-state index in [1.54, 1.807) is 6.20 Å². The van der Waals surface area contributed by atoms with Gasteiger partial charge in [-0.3, -0.25) is 9.59 Å². The van der Waals surface area contributed by atoms with Crippen molar-refractivity contribution in [3.05, 3.63) is 70.9 Å². The predicted molar refractivity (Wildman–Crippen MR) is 121 cm³/mol. The van der Waals surface area contributed by atoms with Crippen LogP contribution in [0, 0.1) is 0 Å². The maximum absolute atomic E-state index is 13.4. The van der Waals surface area contributed by atoms with Crippen molar-refractivity contribution in [3.63, 3.8) is 0 Å². The van der Waals surface area contributed by atoms with Gasteiger partial charge in [0.25, 0.3) is 5.91 Å². The van der Waals surface area contributed by atoms with Crippen LogP contribution >= 0.6 is 11.6 Å². The van der Waals surface area contributed by atoms with Crippen LogP contribution in [0.4, 0.5) is 26.3 Å². The largest absolute Gasteiger partial charge is 0.416 e. The summed E-state index contributed by atoms with van der Waals surface area (Å²) in [5.74, 6) is -1.66. The number of rotatable bonds is 4. The van der Waals surface area contributed by atoms with Gasteiger partial charge in [0, 0.05) is 42.3 Å². The second kappa shape index (κ2) is 9.68. The molecule has 2 aromatic carbocycles. The van der Waals surface area contributed by atoms with E-state index in [0.717, 1.165) is 16.5 Å². The second-order valence-corrected chi connectivity index (χ2v) is 8.75. The summed E-state index contributed by atoms with van der Waals surface area (Å²) in [4.78, 5) is 31.3. The highest BCUT2D eigenvalue weighted by Crippen LogP contribution is 2.37. The Morgan fingerprint density at radius 2 is 1.61 bits per heavy atom. The number of carbonyl (C=O) groups excluding carboxylic acids is 2. The fourth-order valence-corrected chi connectivity index (χ4v) is 4.58. The van der Waals surface area contributed by atoms with Crippen molar-refractivity contribution in [1.82, 2.24) is 14.8 Å². The molecule has 0 spiro atoms. The monoisotopic (exact) mass is 531 g/mol. The third-order valence-electron chi connectivity index (χ3n) is 6.18. The molecule has 36 heavy (non-hydrogen) atoms. The van der Waals surface area contributed by atoms with Crippen LogP contribution in [0.1, 0.15) is 27.0 Å². The van der Waals surface area contributed by atoms with Gasteiger partial charge in [-0.1, -0.05) is 18.2 Å². The number of piperazine rings is 1. The zero-order valence-electron chi connectivity index (χ0n) is 18.6. The average molecular weight is 532 g/mol. The molecule has 1 saturated heterocycles. The van der Waals surface area contributed by atoms with Gasteiger partial charge in [-0.15, -0.1) is 11.6 Å². The molecule has 0 radical (unpaired) electrons. The fourth-order valence-electron chi connectivity index (χ4n) is 4.41. The smallest absolute Gasteiger partial charge is 0.361 e. The number of nitrogens with one attached hydrogen (secondary N) is 1. The molecule has 0 aliphatic carbocycles. The molecule has 1 unspecified atom stereocenters. The number of alkyl halides is 7. The molecular weight excluding hydrogens is 512 g/mol. The molecule has 0 saturated carbocycles. The number of hydrogen-bond donors (Lipinski definition) is 1. The Hall–Kier alpha value is -3.21. The van der Waals surface area contributed by atoms with Crippen molar-refractivity contribution in [2.24, 2.45) is 0 Å². The first-order valence-electron chi connectivity index (χ1n) is 10.9. The Balaban J connectivity index is 1.72. The first-order valence-corrected chi connectivity index (χ1v) is 11.4. The van der Waals surface area contributed by atoms with Crippen LogP contribution in [0.25, 0.3) is 10.9 Å². The fraction of sp³-hybridized carbons (Fsp3) is 0.333. The summed E-state index contributed by atoms with van der Waals surface area (Å²) in [6.45, 7) is 0.000732. The van der Waals surface area contributed by atoms with Crippen LogP contribution < -0.4 is 0 Å². The highest BCUT2D eigenvalue weighted by atomic mass is 35.5. The number of nitrogens with zero attached hydrogens (tertiary/aromatic N) is 2. The Morgan fingerprint density at radius 1 is 0.972 bits per heavy atom. The summed E-state index contributed by atoms with van der Waals surface area (Å²) >= 11 is 5.68. The summed E-state index contributed by atoms with van der Waals surface area (Å²) in [7, 11) is 0. The first-order chi connectivity index (χ1) is 16.9. The van der Waals surface area contributed by atoms with E-state index in [2.05, 4.69) is 4.98 Å². The standard InChI is InChI=1S/C24H20ClF6N3O2/c25-11-21(35)33-5-6-34(18(13-33)9-15-12-32-20-4-2-1-3-19(15)20)22(36)14-7-16(23(26,27)28)10-17(8-14)24(29,30)31/h1-4,7-8,10,12,18,32H,5-6,9,11,13H2. The van der Waals surface area contributed by atoms with E-state index >= 15 is 0 Å². The Kier molecular flexibility index (Phi) is 6.96. The highest BCUT2D eigenvalue weighted by molar-refractivity contribution is 6.27. The van der Waals surface area contributed by atoms with Gasteiger partial charge in [0.1, 0.15) is 5.88 Å². The Bertz CT molecular complexity index is 1250. The minimum absolute atomic E-state index is 0.0166. The minimum atomic E-state index is -5.08. The molecule has 4 rings (SSSR count). The number of H-pyrrole nitrogens is 1. The lowest BCUT2D eigenvalue weighted by Crippen LogP contribution is -2.57. The van der Waals surface area contributed by atoms with Crippen LogP contribution in [-0.2, 0) is 23.6 Å². The quantitative estimate of drug-likeness (QED) is 0.365.